The highest BCUT2D eigenvalue weighted by molar-refractivity contribution is 7.92. The fourth-order valence-electron chi connectivity index (χ4n) is 3.79. The predicted molar refractivity (Wildman–Crippen MR) is 112 cm³/mol. The number of rotatable bonds is 4. The van der Waals surface area contributed by atoms with Gasteiger partial charge in [-0.05, 0) is 60.4 Å². The van der Waals surface area contributed by atoms with Crippen molar-refractivity contribution in [2.75, 3.05) is 11.4 Å². The van der Waals surface area contributed by atoms with Gasteiger partial charge >= 0.3 is 0 Å². The Morgan fingerprint density at radius 1 is 1.04 bits per heavy atom. The van der Waals surface area contributed by atoms with Crippen LogP contribution in [0.2, 0.25) is 0 Å². The lowest BCUT2D eigenvalue weighted by Gasteiger charge is -2.33. The normalized spacial score (nSPS) is 13.0. The zero-order chi connectivity index (χ0) is 19.9. The molecule has 0 aliphatic carbocycles. The van der Waals surface area contributed by atoms with Gasteiger partial charge in [-0.15, -0.1) is 0 Å². The van der Waals surface area contributed by atoms with Crippen LogP contribution in [0.1, 0.15) is 23.6 Å². The molecule has 1 aliphatic rings. The highest BCUT2D eigenvalue weighted by atomic mass is 32.2. The van der Waals surface area contributed by atoms with Crippen LogP contribution in [0.25, 0.3) is 11.1 Å². The molecule has 0 N–H and O–H groups in total. The van der Waals surface area contributed by atoms with E-state index >= 15 is 0 Å². The van der Waals surface area contributed by atoms with Crippen molar-refractivity contribution in [2.45, 2.75) is 31.7 Å². The van der Waals surface area contributed by atoms with E-state index in [1.165, 1.54) is 9.87 Å². The van der Waals surface area contributed by atoms with Crippen molar-refractivity contribution < 1.29 is 13.2 Å². The maximum atomic E-state index is 13.5. The van der Waals surface area contributed by atoms with Crippen molar-refractivity contribution in [1.29, 1.82) is 0 Å². The van der Waals surface area contributed by atoms with E-state index in [4.69, 9.17) is 4.74 Å². The second kappa shape index (κ2) is 6.99. The molecule has 1 aliphatic heterocycles. The molecule has 3 aromatic carbocycles. The highest BCUT2D eigenvalue weighted by Gasteiger charge is 2.32. The molecule has 4 rings (SSSR count). The molecular formula is C23H23NO3S. The van der Waals surface area contributed by atoms with Crippen LogP contribution >= 0.6 is 0 Å². The van der Waals surface area contributed by atoms with Gasteiger partial charge in [-0.3, -0.25) is 4.31 Å². The lowest BCUT2D eigenvalue weighted by molar-refractivity contribution is 0.414. The molecule has 0 saturated heterocycles. The summed E-state index contributed by atoms with van der Waals surface area (Å²) in [7, 11) is -2.14. The lowest BCUT2D eigenvalue weighted by Crippen LogP contribution is -2.33. The summed E-state index contributed by atoms with van der Waals surface area (Å²) >= 11 is 0. The first-order valence-corrected chi connectivity index (χ1v) is 10.8. The first-order valence-electron chi connectivity index (χ1n) is 9.34. The average molecular weight is 394 g/mol. The highest BCUT2D eigenvalue weighted by Crippen LogP contribution is 2.44. The van der Waals surface area contributed by atoms with Gasteiger partial charge in [0.2, 0.25) is 0 Å². The van der Waals surface area contributed by atoms with Crippen LogP contribution in [-0.2, 0) is 23.0 Å². The van der Waals surface area contributed by atoms with Gasteiger partial charge in [0.05, 0.1) is 24.2 Å². The maximum Gasteiger partial charge on any atom is 0.264 e. The van der Waals surface area contributed by atoms with E-state index < -0.39 is 10.0 Å². The van der Waals surface area contributed by atoms with E-state index in [2.05, 4.69) is 26.0 Å². The molecule has 0 saturated carbocycles. The summed E-state index contributed by atoms with van der Waals surface area (Å²) in [6, 6.07) is 18.7. The zero-order valence-corrected chi connectivity index (χ0v) is 17.1. The molecule has 28 heavy (non-hydrogen) atoms. The number of sulfonamides is 1. The minimum Gasteiger partial charge on any atom is -0.497 e. The summed E-state index contributed by atoms with van der Waals surface area (Å²) in [5.74, 6) is 0.632. The molecule has 0 bridgehead atoms. The number of anilines is 1. The summed E-state index contributed by atoms with van der Waals surface area (Å²) in [6.45, 7) is 4.49. The number of aryl methyl sites for hydroxylation is 2. The first-order chi connectivity index (χ1) is 13.5. The molecule has 0 unspecified atom stereocenters. The van der Waals surface area contributed by atoms with E-state index in [1.807, 2.05) is 24.3 Å². The Bertz CT molecular complexity index is 1140. The molecule has 5 heteroatoms. The van der Waals surface area contributed by atoms with Crippen LogP contribution in [0.15, 0.2) is 65.6 Å². The SMILES string of the molecule is CCc1cccc2c1-c1cc(C)ccc1CN2S(=O)(=O)c1ccc(OC)cc1. The zero-order valence-electron chi connectivity index (χ0n) is 16.3. The minimum absolute atomic E-state index is 0.261. The van der Waals surface area contributed by atoms with Crippen LogP contribution in [-0.4, -0.2) is 15.5 Å². The quantitative estimate of drug-likeness (QED) is 0.631. The predicted octanol–water partition coefficient (Wildman–Crippen LogP) is 4.94. The third-order valence-corrected chi connectivity index (χ3v) is 7.05. The Balaban J connectivity index is 1.91. The number of benzene rings is 3. The molecule has 0 fully saturated rings. The number of methoxy groups -OCH3 is 1. The van der Waals surface area contributed by atoms with Crippen LogP contribution in [0.3, 0.4) is 0 Å². The molecule has 0 amide bonds. The van der Waals surface area contributed by atoms with Gasteiger partial charge in [0.25, 0.3) is 10.0 Å². The average Bonchev–Trinajstić information content (AvgIpc) is 2.72. The standard InChI is InChI=1S/C23H23NO3S/c1-4-17-6-5-7-22-23(17)21-14-16(2)8-9-18(21)15-24(22)28(25,26)20-12-10-19(27-3)11-13-20/h5-14H,4,15H2,1-3H3. The summed E-state index contributed by atoms with van der Waals surface area (Å²) in [5.41, 5.74) is 6.24. The van der Waals surface area contributed by atoms with E-state index in [-0.39, 0.29) is 4.90 Å². The fraction of sp³-hybridized carbons (Fsp3) is 0.217. The van der Waals surface area contributed by atoms with Gasteiger partial charge in [-0.2, -0.15) is 0 Å². The Kier molecular flexibility index (Phi) is 4.63. The number of ether oxygens (including phenoxy) is 1. The van der Waals surface area contributed by atoms with Gasteiger partial charge in [0.1, 0.15) is 5.75 Å². The summed E-state index contributed by atoms with van der Waals surface area (Å²) in [6.07, 6.45) is 0.840. The third-order valence-electron chi connectivity index (χ3n) is 5.27. The van der Waals surface area contributed by atoms with Crippen molar-refractivity contribution >= 4 is 15.7 Å². The Morgan fingerprint density at radius 3 is 2.46 bits per heavy atom. The second-order valence-electron chi connectivity index (χ2n) is 7.01. The van der Waals surface area contributed by atoms with E-state index in [9.17, 15) is 8.42 Å². The van der Waals surface area contributed by atoms with Gasteiger partial charge < -0.3 is 4.74 Å². The largest absolute Gasteiger partial charge is 0.497 e. The molecule has 4 nitrogen and oxygen atoms in total. The summed E-state index contributed by atoms with van der Waals surface area (Å²) in [4.78, 5) is 0.261. The van der Waals surface area contributed by atoms with Crippen molar-refractivity contribution in [2.24, 2.45) is 0 Å². The molecule has 0 radical (unpaired) electrons. The van der Waals surface area contributed by atoms with Crippen LogP contribution in [0, 0.1) is 6.92 Å². The van der Waals surface area contributed by atoms with Crippen LogP contribution in [0.4, 0.5) is 5.69 Å². The second-order valence-corrected chi connectivity index (χ2v) is 8.87. The molecule has 144 valence electrons. The number of nitrogens with zero attached hydrogens (tertiary/aromatic N) is 1. The van der Waals surface area contributed by atoms with Crippen molar-refractivity contribution in [1.82, 2.24) is 0 Å². The van der Waals surface area contributed by atoms with E-state index in [0.29, 0.717) is 12.3 Å². The van der Waals surface area contributed by atoms with Crippen molar-refractivity contribution in [3.63, 3.8) is 0 Å². The first kappa shape index (κ1) is 18.6. The maximum absolute atomic E-state index is 13.5. The van der Waals surface area contributed by atoms with Crippen molar-refractivity contribution in [3.8, 4) is 16.9 Å². The fourth-order valence-corrected chi connectivity index (χ4v) is 5.24. The minimum atomic E-state index is -3.70. The smallest absolute Gasteiger partial charge is 0.264 e. The Hall–Kier alpha value is -2.79. The van der Waals surface area contributed by atoms with Gasteiger partial charge in [0, 0.05) is 5.56 Å². The number of fused-ring (bicyclic) bond motifs is 3. The molecule has 0 atom stereocenters. The monoisotopic (exact) mass is 393 g/mol. The molecule has 1 heterocycles. The van der Waals surface area contributed by atoms with Crippen LogP contribution in [0.5, 0.6) is 5.75 Å². The Morgan fingerprint density at radius 2 is 1.79 bits per heavy atom. The summed E-state index contributed by atoms with van der Waals surface area (Å²) in [5, 5.41) is 0. The lowest BCUT2D eigenvalue weighted by atomic mass is 9.89. The van der Waals surface area contributed by atoms with Crippen LogP contribution < -0.4 is 9.04 Å². The van der Waals surface area contributed by atoms with E-state index in [0.717, 1.165) is 34.4 Å². The molecular weight excluding hydrogens is 370 g/mol. The van der Waals surface area contributed by atoms with Gasteiger partial charge in [-0.25, -0.2) is 8.42 Å². The van der Waals surface area contributed by atoms with Crippen molar-refractivity contribution in [3.05, 3.63) is 77.4 Å². The Labute approximate surface area is 166 Å². The third kappa shape index (κ3) is 2.96. The molecule has 0 aromatic heterocycles. The topological polar surface area (TPSA) is 46.6 Å². The van der Waals surface area contributed by atoms with Gasteiger partial charge in [-0.1, -0.05) is 42.8 Å². The molecule has 0 spiro atoms. The van der Waals surface area contributed by atoms with E-state index in [1.54, 1.807) is 31.4 Å². The van der Waals surface area contributed by atoms with Gasteiger partial charge in [0.15, 0.2) is 0 Å². The number of hydrogen-bond donors (Lipinski definition) is 0. The summed E-state index contributed by atoms with van der Waals surface area (Å²) < 4.78 is 33.7. The molecule has 3 aromatic rings. The number of hydrogen-bond acceptors (Lipinski definition) is 3.